The van der Waals surface area contributed by atoms with Gasteiger partial charge in [0.25, 0.3) is 0 Å². The van der Waals surface area contributed by atoms with Gasteiger partial charge in [-0.2, -0.15) is 11.8 Å². The molecule has 0 bridgehead atoms. The van der Waals surface area contributed by atoms with Gasteiger partial charge in [0.2, 0.25) is 0 Å². The number of nitrogens with one attached hydrogen (secondary N) is 2. The lowest BCUT2D eigenvalue weighted by Gasteiger charge is -2.23. The Morgan fingerprint density at radius 3 is 2.95 bits per heavy atom. The summed E-state index contributed by atoms with van der Waals surface area (Å²) < 4.78 is 5.90. The minimum absolute atomic E-state index is 0.111. The molecular weight excluding hydrogens is 296 g/mol. The zero-order chi connectivity index (χ0) is 15.5. The van der Waals surface area contributed by atoms with Crippen LogP contribution in [0.25, 0.3) is 11.0 Å². The van der Waals surface area contributed by atoms with Crippen molar-refractivity contribution >= 4 is 28.8 Å². The normalized spacial score (nSPS) is 19.8. The second-order valence-electron chi connectivity index (χ2n) is 5.84. The number of furan rings is 1. The van der Waals surface area contributed by atoms with E-state index in [1.54, 1.807) is 0 Å². The van der Waals surface area contributed by atoms with Crippen LogP contribution in [0.5, 0.6) is 0 Å². The third-order valence-electron chi connectivity index (χ3n) is 4.12. The van der Waals surface area contributed by atoms with Gasteiger partial charge in [-0.15, -0.1) is 0 Å². The number of amides is 2. The first-order valence-corrected chi connectivity index (χ1v) is 8.93. The van der Waals surface area contributed by atoms with E-state index >= 15 is 0 Å². The molecule has 22 heavy (non-hydrogen) atoms. The Bertz CT molecular complexity index is 662. The summed E-state index contributed by atoms with van der Waals surface area (Å²) in [5.41, 5.74) is 1.96. The molecule has 0 radical (unpaired) electrons. The van der Waals surface area contributed by atoms with Crippen molar-refractivity contribution in [3.63, 3.8) is 0 Å². The lowest BCUT2D eigenvalue weighted by atomic mass is 10.1. The molecule has 0 spiro atoms. The minimum atomic E-state index is -0.149. The average Bonchev–Trinajstić information content (AvgIpc) is 2.86. The molecule has 2 amide bonds. The summed E-state index contributed by atoms with van der Waals surface area (Å²) in [5, 5.41) is 7.16. The van der Waals surface area contributed by atoms with Gasteiger partial charge in [0, 0.05) is 22.7 Å². The summed E-state index contributed by atoms with van der Waals surface area (Å²) >= 11 is 1.90. The van der Waals surface area contributed by atoms with Gasteiger partial charge in [-0.05, 0) is 38.5 Å². The van der Waals surface area contributed by atoms with Gasteiger partial charge < -0.3 is 15.1 Å². The molecule has 1 aromatic heterocycles. The molecule has 2 aromatic rings. The van der Waals surface area contributed by atoms with Gasteiger partial charge in [-0.25, -0.2) is 4.79 Å². The van der Waals surface area contributed by atoms with Crippen molar-refractivity contribution in [2.45, 2.75) is 38.8 Å². The van der Waals surface area contributed by atoms with Crippen LogP contribution in [0.3, 0.4) is 0 Å². The highest BCUT2D eigenvalue weighted by atomic mass is 32.2. The fraction of sp³-hybridized carbons (Fsp3) is 0.471. The molecule has 1 aromatic carbocycles. The van der Waals surface area contributed by atoms with Crippen molar-refractivity contribution in [3.8, 4) is 0 Å². The molecule has 3 rings (SSSR count). The smallest absolute Gasteiger partial charge is 0.315 e. The van der Waals surface area contributed by atoms with Crippen molar-refractivity contribution in [2.75, 3.05) is 11.5 Å². The molecule has 1 aliphatic rings. The number of fused-ring (bicyclic) bond motifs is 1. The fourth-order valence-electron chi connectivity index (χ4n) is 2.95. The second-order valence-corrected chi connectivity index (χ2v) is 6.99. The van der Waals surface area contributed by atoms with Crippen molar-refractivity contribution < 1.29 is 9.21 Å². The summed E-state index contributed by atoms with van der Waals surface area (Å²) in [4.78, 5) is 12.1. The average molecular weight is 318 g/mol. The molecule has 1 saturated heterocycles. The lowest BCUT2D eigenvalue weighted by Crippen LogP contribution is -2.45. The zero-order valence-corrected chi connectivity index (χ0v) is 13.8. The largest absolute Gasteiger partial charge is 0.459 e. The van der Waals surface area contributed by atoms with Crippen LogP contribution >= 0.6 is 11.8 Å². The maximum Gasteiger partial charge on any atom is 0.315 e. The maximum atomic E-state index is 12.1. The lowest BCUT2D eigenvalue weighted by molar-refractivity contribution is 0.232. The number of urea groups is 1. The van der Waals surface area contributed by atoms with E-state index in [1.165, 1.54) is 12.2 Å². The van der Waals surface area contributed by atoms with Crippen LogP contribution in [0.1, 0.15) is 37.1 Å². The van der Waals surface area contributed by atoms with Crippen LogP contribution in [-0.4, -0.2) is 23.6 Å². The predicted octanol–water partition coefficient (Wildman–Crippen LogP) is 4.00. The highest BCUT2D eigenvalue weighted by Crippen LogP contribution is 2.29. The van der Waals surface area contributed by atoms with Crippen LogP contribution in [-0.2, 0) is 0 Å². The number of aryl methyl sites for hydroxylation is 1. The van der Waals surface area contributed by atoms with Gasteiger partial charge in [-0.3, -0.25) is 0 Å². The first-order chi connectivity index (χ1) is 10.6. The van der Waals surface area contributed by atoms with Gasteiger partial charge in [-0.1, -0.05) is 18.2 Å². The van der Waals surface area contributed by atoms with Gasteiger partial charge in [0.05, 0.1) is 6.04 Å². The Balaban J connectivity index is 1.66. The first-order valence-electron chi connectivity index (χ1n) is 7.78. The van der Waals surface area contributed by atoms with E-state index in [1.807, 2.05) is 49.9 Å². The van der Waals surface area contributed by atoms with E-state index in [0.29, 0.717) is 0 Å². The zero-order valence-electron chi connectivity index (χ0n) is 13.0. The van der Waals surface area contributed by atoms with E-state index < -0.39 is 0 Å². The van der Waals surface area contributed by atoms with Crippen LogP contribution in [0.2, 0.25) is 0 Å². The number of carbonyl (C=O) groups is 1. The van der Waals surface area contributed by atoms with Gasteiger partial charge in [0.1, 0.15) is 11.3 Å². The van der Waals surface area contributed by atoms with Gasteiger partial charge >= 0.3 is 6.03 Å². The quantitative estimate of drug-likeness (QED) is 0.899. The maximum absolute atomic E-state index is 12.1. The van der Waals surface area contributed by atoms with Crippen LogP contribution in [0.4, 0.5) is 4.79 Å². The molecule has 0 saturated carbocycles. The molecule has 1 fully saturated rings. The number of rotatable bonds is 3. The molecule has 1 unspecified atom stereocenters. The molecule has 2 heterocycles. The van der Waals surface area contributed by atoms with E-state index in [0.717, 1.165) is 34.5 Å². The van der Waals surface area contributed by atoms with Crippen LogP contribution in [0.15, 0.2) is 28.7 Å². The molecule has 2 N–H and O–H groups in total. The third-order valence-corrected chi connectivity index (χ3v) is 5.33. The number of para-hydroxylation sites is 1. The highest BCUT2D eigenvalue weighted by Gasteiger charge is 2.20. The van der Waals surface area contributed by atoms with Crippen molar-refractivity contribution in [3.05, 3.63) is 35.6 Å². The third kappa shape index (κ3) is 3.24. The second kappa shape index (κ2) is 6.65. The van der Waals surface area contributed by atoms with Gasteiger partial charge in [0.15, 0.2) is 0 Å². The van der Waals surface area contributed by atoms with E-state index in [9.17, 15) is 4.79 Å². The van der Waals surface area contributed by atoms with E-state index in [4.69, 9.17) is 4.42 Å². The molecule has 5 heteroatoms. The topological polar surface area (TPSA) is 54.3 Å². The molecule has 4 nitrogen and oxygen atoms in total. The number of benzene rings is 1. The highest BCUT2D eigenvalue weighted by molar-refractivity contribution is 7.99. The summed E-state index contributed by atoms with van der Waals surface area (Å²) in [7, 11) is 0. The Kier molecular flexibility index (Phi) is 4.62. The molecule has 118 valence electrons. The van der Waals surface area contributed by atoms with E-state index in [2.05, 4.69) is 10.6 Å². The molecule has 2 atom stereocenters. The van der Waals surface area contributed by atoms with Crippen molar-refractivity contribution in [1.82, 2.24) is 10.6 Å². The summed E-state index contributed by atoms with van der Waals surface area (Å²) in [5.74, 6) is 3.04. The molecular formula is C17H22N2O2S. The standard InChI is InChI=1S/C17H22N2O2S/c1-11-14-7-3-4-8-15(14)21-16(11)12(2)18-17(20)19-13-6-5-9-22-10-13/h3-4,7-8,12-13H,5-6,9-10H2,1-2H3,(H2,18,19,20)/t12-,13?/m0/s1. The van der Waals surface area contributed by atoms with Crippen molar-refractivity contribution in [2.24, 2.45) is 0 Å². The number of thioether (sulfide) groups is 1. The van der Waals surface area contributed by atoms with E-state index in [-0.39, 0.29) is 18.1 Å². The molecule has 1 aliphatic heterocycles. The summed E-state index contributed by atoms with van der Waals surface area (Å²) in [6, 6.07) is 7.98. The minimum Gasteiger partial charge on any atom is -0.459 e. The Labute approximate surface area is 135 Å². The predicted molar refractivity (Wildman–Crippen MR) is 91.4 cm³/mol. The number of hydrogen-bond donors (Lipinski definition) is 2. The number of hydrogen-bond acceptors (Lipinski definition) is 3. The summed E-state index contributed by atoms with van der Waals surface area (Å²) in [6.45, 7) is 3.99. The monoisotopic (exact) mass is 318 g/mol. The summed E-state index contributed by atoms with van der Waals surface area (Å²) in [6.07, 6.45) is 2.24. The van der Waals surface area contributed by atoms with Crippen LogP contribution < -0.4 is 10.6 Å². The molecule has 0 aliphatic carbocycles. The first kappa shape index (κ1) is 15.3. The van der Waals surface area contributed by atoms with Crippen LogP contribution in [0, 0.1) is 6.92 Å². The Morgan fingerprint density at radius 2 is 2.23 bits per heavy atom. The Hall–Kier alpha value is -1.62. The Morgan fingerprint density at radius 1 is 1.41 bits per heavy atom. The fourth-order valence-corrected chi connectivity index (χ4v) is 4.02. The van der Waals surface area contributed by atoms with Crippen molar-refractivity contribution in [1.29, 1.82) is 0 Å². The number of carbonyl (C=O) groups excluding carboxylic acids is 1. The SMILES string of the molecule is Cc1c([C@H](C)NC(=O)NC2CCCSC2)oc2ccccc12.